The minimum absolute atomic E-state index is 0.219. The Morgan fingerprint density at radius 1 is 1.42 bits per heavy atom. The van der Waals surface area contributed by atoms with Crippen LogP contribution in [0.1, 0.15) is 18.5 Å². The van der Waals surface area contributed by atoms with E-state index in [2.05, 4.69) is 11.9 Å². The number of nitrogens with two attached hydrogens (primary N) is 1. The minimum atomic E-state index is -0.865. The number of hydrogen-bond donors (Lipinski definition) is 2. The van der Waals surface area contributed by atoms with Gasteiger partial charge in [0.1, 0.15) is 0 Å². The van der Waals surface area contributed by atoms with Gasteiger partial charge in [-0.2, -0.15) is 0 Å². The first-order chi connectivity index (χ1) is 9.04. The van der Waals surface area contributed by atoms with E-state index < -0.39 is 11.6 Å². The highest BCUT2D eigenvalue weighted by Crippen LogP contribution is 2.15. The molecule has 3 nitrogen and oxygen atoms in total. The standard InChI is InChI=1S/C14H20F2N2O/c1-10(2)9-19-6-5-18-14(8-17)11-3-4-12(15)13(16)7-11/h3-4,7,14,18H,1,5-6,8-9,17H2,2H3. The van der Waals surface area contributed by atoms with Crippen LogP contribution in [0.3, 0.4) is 0 Å². The predicted octanol–water partition coefficient (Wildman–Crippen LogP) is 2.15. The molecule has 0 saturated heterocycles. The average molecular weight is 270 g/mol. The molecule has 1 unspecified atom stereocenters. The number of benzene rings is 1. The summed E-state index contributed by atoms with van der Waals surface area (Å²) in [5.74, 6) is -1.72. The second-order valence-corrected chi connectivity index (χ2v) is 4.43. The molecule has 0 aromatic heterocycles. The van der Waals surface area contributed by atoms with Crippen LogP contribution >= 0.6 is 0 Å². The third-order valence-corrected chi connectivity index (χ3v) is 2.57. The topological polar surface area (TPSA) is 47.3 Å². The number of halogens is 2. The highest BCUT2D eigenvalue weighted by Gasteiger charge is 2.11. The van der Waals surface area contributed by atoms with Gasteiger partial charge in [-0.1, -0.05) is 18.2 Å². The zero-order valence-corrected chi connectivity index (χ0v) is 11.1. The third kappa shape index (κ3) is 5.46. The number of hydrogen-bond acceptors (Lipinski definition) is 3. The van der Waals surface area contributed by atoms with Crippen LogP contribution < -0.4 is 11.1 Å². The second kappa shape index (κ2) is 7.99. The molecule has 0 heterocycles. The largest absolute Gasteiger partial charge is 0.376 e. The molecule has 0 aliphatic heterocycles. The molecule has 0 spiro atoms. The van der Waals surface area contributed by atoms with E-state index in [4.69, 9.17) is 10.5 Å². The number of ether oxygens (including phenoxy) is 1. The maximum absolute atomic E-state index is 13.1. The van der Waals surface area contributed by atoms with Gasteiger partial charge < -0.3 is 15.8 Å². The fourth-order valence-electron chi connectivity index (χ4n) is 1.62. The van der Waals surface area contributed by atoms with E-state index >= 15 is 0 Å². The third-order valence-electron chi connectivity index (χ3n) is 2.57. The zero-order valence-electron chi connectivity index (χ0n) is 11.1. The molecule has 0 radical (unpaired) electrons. The number of rotatable bonds is 8. The molecular weight excluding hydrogens is 250 g/mol. The molecule has 1 atom stereocenters. The van der Waals surface area contributed by atoms with Crippen molar-refractivity contribution < 1.29 is 13.5 Å². The molecule has 19 heavy (non-hydrogen) atoms. The summed E-state index contributed by atoms with van der Waals surface area (Å²) in [7, 11) is 0. The van der Waals surface area contributed by atoms with E-state index in [0.29, 0.717) is 31.9 Å². The van der Waals surface area contributed by atoms with Gasteiger partial charge in [-0.15, -0.1) is 0 Å². The fraction of sp³-hybridized carbons (Fsp3) is 0.429. The summed E-state index contributed by atoms with van der Waals surface area (Å²) in [5.41, 5.74) is 7.20. The Hall–Kier alpha value is -1.30. The Bertz CT molecular complexity index is 424. The van der Waals surface area contributed by atoms with Crippen molar-refractivity contribution in [2.24, 2.45) is 5.73 Å². The fourth-order valence-corrected chi connectivity index (χ4v) is 1.62. The number of nitrogens with one attached hydrogen (secondary N) is 1. The first kappa shape index (κ1) is 15.8. The predicted molar refractivity (Wildman–Crippen MR) is 71.8 cm³/mol. The van der Waals surface area contributed by atoms with E-state index in [1.54, 1.807) is 0 Å². The maximum atomic E-state index is 13.1. The Labute approximate surface area is 112 Å². The van der Waals surface area contributed by atoms with Crippen LogP contribution in [0.25, 0.3) is 0 Å². The summed E-state index contributed by atoms with van der Waals surface area (Å²) in [4.78, 5) is 0. The summed E-state index contributed by atoms with van der Waals surface area (Å²) < 4.78 is 31.3. The minimum Gasteiger partial charge on any atom is -0.376 e. The second-order valence-electron chi connectivity index (χ2n) is 4.43. The van der Waals surface area contributed by atoms with E-state index in [0.717, 1.165) is 17.7 Å². The van der Waals surface area contributed by atoms with E-state index in [1.807, 2.05) is 6.92 Å². The van der Waals surface area contributed by atoms with Gasteiger partial charge >= 0.3 is 0 Å². The van der Waals surface area contributed by atoms with Crippen LogP contribution in [0.5, 0.6) is 0 Å². The average Bonchev–Trinajstić information content (AvgIpc) is 2.37. The van der Waals surface area contributed by atoms with Crippen molar-refractivity contribution in [2.45, 2.75) is 13.0 Å². The van der Waals surface area contributed by atoms with Crippen molar-refractivity contribution in [2.75, 3.05) is 26.3 Å². The lowest BCUT2D eigenvalue weighted by atomic mass is 10.1. The van der Waals surface area contributed by atoms with Crippen LogP contribution in [-0.2, 0) is 4.74 Å². The summed E-state index contributed by atoms with van der Waals surface area (Å²) in [6.45, 7) is 7.51. The van der Waals surface area contributed by atoms with E-state index in [-0.39, 0.29) is 6.04 Å². The van der Waals surface area contributed by atoms with Crippen LogP contribution in [0.4, 0.5) is 8.78 Å². The molecule has 0 aliphatic carbocycles. The molecule has 1 rings (SSSR count). The molecule has 0 fully saturated rings. The first-order valence-electron chi connectivity index (χ1n) is 6.15. The SMILES string of the molecule is C=C(C)COCCNC(CN)c1ccc(F)c(F)c1. The summed E-state index contributed by atoms with van der Waals surface area (Å²) in [6, 6.07) is 3.57. The lowest BCUT2D eigenvalue weighted by Gasteiger charge is -2.17. The molecule has 0 saturated carbocycles. The van der Waals surface area contributed by atoms with Crippen LogP contribution in [0.15, 0.2) is 30.4 Å². The van der Waals surface area contributed by atoms with Crippen molar-refractivity contribution in [1.29, 1.82) is 0 Å². The molecule has 0 bridgehead atoms. The van der Waals surface area contributed by atoms with Gasteiger partial charge in [0, 0.05) is 19.1 Å². The molecule has 1 aromatic carbocycles. The maximum Gasteiger partial charge on any atom is 0.159 e. The van der Waals surface area contributed by atoms with Crippen molar-refractivity contribution in [3.8, 4) is 0 Å². The molecule has 3 N–H and O–H groups in total. The zero-order chi connectivity index (χ0) is 14.3. The summed E-state index contributed by atoms with van der Waals surface area (Å²) in [5, 5.41) is 3.14. The van der Waals surface area contributed by atoms with Gasteiger partial charge in [0.15, 0.2) is 11.6 Å². The Kier molecular flexibility index (Phi) is 6.62. The van der Waals surface area contributed by atoms with Crippen LogP contribution in [0.2, 0.25) is 0 Å². The first-order valence-corrected chi connectivity index (χ1v) is 6.15. The molecule has 0 amide bonds. The van der Waals surface area contributed by atoms with Gasteiger partial charge in [-0.25, -0.2) is 8.78 Å². The lowest BCUT2D eigenvalue weighted by Crippen LogP contribution is -2.31. The Balaban J connectivity index is 2.44. The highest BCUT2D eigenvalue weighted by atomic mass is 19.2. The van der Waals surface area contributed by atoms with Gasteiger partial charge in [0.2, 0.25) is 0 Å². The van der Waals surface area contributed by atoms with Gasteiger partial charge in [0.05, 0.1) is 13.2 Å². The van der Waals surface area contributed by atoms with Gasteiger partial charge in [-0.05, 0) is 24.6 Å². The van der Waals surface area contributed by atoms with Gasteiger partial charge in [0.25, 0.3) is 0 Å². The van der Waals surface area contributed by atoms with Crippen molar-refractivity contribution in [1.82, 2.24) is 5.32 Å². The lowest BCUT2D eigenvalue weighted by molar-refractivity contribution is 0.155. The van der Waals surface area contributed by atoms with Crippen molar-refractivity contribution in [3.63, 3.8) is 0 Å². The van der Waals surface area contributed by atoms with E-state index in [9.17, 15) is 8.78 Å². The van der Waals surface area contributed by atoms with Crippen LogP contribution in [-0.4, -0.2) is 26.3 Å². The smallest absolute Gasteiger partial charge is 0.159 e. The van der Waals surface area contributed by atoms with Crippen molar-refractivity contribution >= 4 is 0 Å². The molecular formula is C14H20F2N2O. The Morgan fingerprint density at radius 2 is 2.16 bits per heavy atom. The quantitative estimate of drug-likeness (QED) is 0.562. The molecule has 1 aromatic rings. The van der Waals surface area contributed by atoms with Crippen molar-refractivity contribution in [3.05, 3.63) is 47.5 Å². The monoisotopic (exact) mass is 270 g/mol. The van der Waals surface area contributed by atoms with Crippen LogP contribution in [0, 0.1) is 11.6 Å². The highest BCUT2D eigenvalue weighted by molar-refractivity contribution is 5.21. The van der Waals surface area contributed by atoms with Gasteiger partial charge in [-0.3, -0.25) is 0 Å². The molecule has 5 heteroatoms. The summed E-state index contributed by atoms with van der Waals surface area (Å²) in [6.07, 6.45) is 0. The molecule has 0 aliphatic rings. The Morgan fingerprint density at radius 3 is 2.74 bits per heavy atom. The normalized spacial score (nSPS) is 12.4. The molecule has 106 valence electrons. The van der Waals surface area contributed by atoms with E-state index in [1.165, 1.54) is 6.07 Å². The summed E-state index contributed by atoms with van der Waals surface area (Å²) >= 11 is 0.